The molecular weight excluding hydrogens is 349 g/mol. The van der Waals surface area contributed by atoms with Crippen LogP contribution in [-0.2, 0) is 4.79 Å². The zero-order valence-electron chi connectivity index (χ0n) is 14.0. The standard InChI is InChI=1S/C17H23Cl2N3O2/c1-20-7-9-21(2)16(23)13-4-3-8-22(11-13)17(24)12-5-6-14(18)15(19)10-12/h5-6,10,13,20H,3-4,7-9,11H2,1-2H3. The van der Waals surface area contributed by atoms with Crippen LogP contribution in [-0.4, -0.2) is 61.9 Å². The second-order valence-electron chi connectivity index (χ2n) is 6.08. The van der Waals surface area contributed by atoms with E-state index in [0.717, 1.165) is 19.4 Å². The van der Waals surface area contributed by atoms with Crippen molar-refractivity contribution in [2.75, 3.05) is 40.3 Å². The maximum absolute atomic E-state index is 12.7. The molecular formula is C17H23Cl2N3O2. The van der Waals surface area contributed by atoms with E-state index < -0.39 is 0 Å². The first kappa shape index (κ1) is 19.0. The molecule has 1 fully saturated rings. The third kappa shape index (κ3) is 4.62. The Bertz CT molecular complexity index is 609. The van der Waals surface area contributed by atoms with Gasteiger partial charge in [0.25, 0.3) is 5.91 Å². The molecule has 7 heteroatoms. The Labute approximate surface area is 152 Å². The molecule has 1 aliphatic heterocycles. The van der Waals surface area contributed by atoms with Gasteiger partial charge in [-0.1, -0.05) is 23.2 Å². The summed E-state index contributed by atoms with van der Waals surface area (Å²) in [6, 6.07) is 4.87. The summed E-state index contributed by atoms with van der Waals surface area (Å²) in [6.45, 7) is 2.51. The molecule has 24 heavy (non-hydrogen) atoms. The molecule has 0 radical (unpaired) electrons. The highest BCUT2D eigenvalue weighted by Gasteiger charge is 2.30. The molecule has 1 unspecified atom stereocenters. The van der Waals surface area contributed by atoms with Gasteiger partial charge in [0.15, 0.2) is 0 Å². The Hall–Kier alpha value is -1.30. The number of nitrogens with one attached hydrogen (secondary N) is 1. The molecule has 1 N–H and O–H groups in total. The van der Waals surface area contributed by atoms with E-state index in [1.54, 1.807) is 35.0 Å². The minimum atomic E-state index is -0.146. The van der Waals surface area contributed by atoms with Crippen LogP contribution in [0.3, 0.4) is 0 Å². The van der Waals surface area contributed by atoms with Crippen LogP contribution in [0.1, 0.15) is 23.2 Å². The van der Waals surface area contributed by atoms with Gasteiger partial charge in [-0.15, -0.1) is 0 Å². The fourth-order valence-corrected chi connectivity index (χ4v) is 3.17. The summed E-state index contributed by atoms with van der Waals surface area (Å²) in [5, 5.41) is 3.82. The summed E-state index contributed by atoms with van der Waals surface area (Å²) >= 11 is 11.9. The number of likely N-dealkylation sites (tertiary alicyclic amines) is 1. The van der Waals surface area contributed by atoms with Crippen molar-refractivity contribution in [1.82, 2.24) is 15.1 Å². The predicted molar refractivity (Wildman–Crippen MR) is 96.7 cm³/mol. The molecule has 2 rings (SSSR count). The highest BCUT2D eigenvalue weighted by molar-refractivity contribution is 6.42. The summed E-state index contributed by atoms with van der Waals surface area (Å²) in [5.74, 6) is -0.159. The Kier molecular flexibility index (Phi) is 6.90. The number of halogens is 2. The van der Waals surface area contributed by atoms with E-state index in [1.165, 1.54) is 0 Å². The Balaban J connectivity index is 2.02. The normalized spacial score (nSPS) is 17.7. The average molecular weight is 372 g/mol. The van der Waals surface area contributed by atoms with Crippen molar-refractivity contribution < 1.29 is 9.59 Å². The van der Waals surface area contributed by atoms with E-state index in [4.69, 9.17) is 23.2 Å². The average Bonchev–Trinajstić information content (AvgIpc) is 2.60. The lowest BCUT2D eigenvalue weighted by Crippen LogP contribution is -2.46. The van der Waals surface area contributed by atoms with Crippen molar-refractivity contribution in [1.29, 1.82) is 0 Å². The molecule has 2 amide bonds. The van der Waals surface area contributed by atoms with Crippen LogP contribution >= 0.6 is 23.2 Å². The van der Waals surface area contributed by atoms with Crippen LogP contribution in [0.25, 0.3) is 0 Å². The van der Waals surface area contributed by atoms with Gasteiger partial charge in [0, 0.05) is 38.8 Å². The van der Waals surface area contributed by atoms with E-state index >= 15 is 0 Å². The summed E-state index contributed by atoms with van der Waals surface area (Å²) in [5.41, 5.74) is 0.501. The van der Waals surface area contributed by atoms with Gasteiger partial charge in [-0.2, -0.15) is 0 Å². The molecule has 1 atom stereocenters. The second-order valence-corrected chi connectivity index (χ2v) is 6.90. The van der Waals surface area contributed by atoms with Gasteiger partial charge in [-0.3, -0.25) is 9.59 Å². The third-order valence-corrected chi connectivity index (χ3v) is 5.04. The number of rotatable bonds is 5. The lowest BCUT2D eigenvalue weighted by atomic mass is 9.96. The van der Waals surface area contributed by atoms with E-state index in [9.17, 15) is 9.59 Å². The number of carbonyl (C=O) groups is 2. The van der Waals surface area contributed by atoms with E-state index in [0.29, 0.717) is 35.2 Å². The summed E-state index contributed by atoms with van der Waals surface area (Å²) in [6.07, 6.45) is 1.64. The van der Waals surface area contributed by atoms with Gasteiger partial charge in [0.05, 0.1) is 16.0 Å². The first-order valence-electron chi connectivity index (χ1n) is 8.08. The van der Waals surface area contributed by atoms with Gasteiger partial charge >= 0.3 is 0 Å². The molecule has 1 aliphatic rings. The monoisotopic (exact) mass is 371 g/mol. The summed E-state index contributed by atoms with van der Waals surface area (Å²) in [7, 11) is 3.66. The van der Waals surface area contributed by atoms with Gasteiger partial charge in [0.1, 0.15) is 0 Å². The number of likely N-dealkylation sites (N-methyl/N-ethyl adjacent to an activating group) is 2. The molecule has 0 bridgehead atoms. The van der Waals surface area contributed by atoms with Crippen molar-refractivity contribution in [2.45, 2.75) is 12.8 Å². The third-order valence-electron chi connectivity index (χ3n) is 4.30. The fourth-order valence-electron chi connectivity index (χ4n) is 2.88. The number of amides is 2. The Morgan fingerprint density at radius 3 is 2.75 bits per heavy atom. The van der Waals surface area contributed by atoms with Crippen LogP contribution in [0.4, 0.5) is 0 Å². The van der Waals surface area contributed by atoms with Crippen molar-refractivity contribution in [3.8, 4) is 0 Å². The van der Waals surface area contributed by atoms with Gasteiger partial charge in [0.2, 0.25) is 5.91 Å². The molecule has 0 aliphatic carbocycles. The largest absolute Gasteiger partial charge is 0.344 e. The van der Waals surface area contributed by atoms with Crippen molar-refractivity contribution in [2.24, 2.45) is 5.92 Å². The lowest BCUT2D eigenvalue weighted by molar-refractivity contribution is -0.135. The minimum Gasteiger partial charge on any atom is -0.344 e. The highest BCUT2D eigenvalue weighted by Crippen LogP contribution is 2.25. The first-order chi connectivity index (χ1) is 11.4. The molecule has 1 heterocycles. The molecule has 0 aromatic heterocycles. The minimum absolute atomic E-state index is 0.0943. The second kappa shape index (κ2) is 8.70. The van der Waals surface area contributed by atoms with Gasteiger partial charge in [-0.25, -0.2) is 0 Å². The number of nitrogens with zero attached hydrogens (tertiary/aromatic N) is 2. The molecule has 1 saturated heterocycles. The number of hydrogen-bond donors (Lipinski definition) is 1. The summed E-state index contributed by atoms with van der Waals surface area (Å²) < 4.78 is 0. The number of benzene rings is 1. The molecule has 1 aromatic rings. The zero-order valence-corrected chi connectivity index (χ0v) is 15.5. The van der Waals surface area contributed by atoms with Crippen LogP contribution in [0, 0.1) is 5.92 Å². The number of piperidine rings is 1. The maximum atomic E-state index is 12.7. The Morgan fingerprint density at radius 2 is 2.08 bits per heavy atom. The molecule has 0 spiro atoms. The molecule has 5 nitrogen and oxygen atoms in total. The topological polar surface area (TPSA) is 52.7 Å². The van der Waals surface area contributed by atoms with Crippen molar-refractivity contribution in [3.63, 3.8) is 0 Å². The Morgan fingerprint density at radius 1 is 1.33 bits per heavy atom. The quantitative estimate of drug-likeness (QED) is 0.864. The van der Waals surface area contributed by atoms with E-state index in [-0.39, 0.29) is 17.7 Å². The van der Waals surface area contributed by atoms with Gasteiger partial charge in [-0.05, 0) is 38.1 Å². The molecule has 132 valence electrons. The van der Waals surface area contributed by atoms with Crippen LogP contribution < -0.4 is 5.32 Å². The zero-order chi connectivity index (χ0) is 17.7. The number of hydrogen-bond acceptors (Lipinski definition) is 3. The molecule has 0 saturated carbocycles. The summed E-state index contributed by atoms with van der Waals surface area (Å²) in [4.78, 5) is 28.7. The SMILES string of the molecule is CNCCN(C)C(=O)C1CCCN(C(=O)c2ccc(Cl)c(Cl)c2)C1. The van der Waals surface area contributed by atoms with Gasteiger partial charge < -0.3 is 15.1 Å². The van der Waals surface area contributed by atoms with E-state index in [1.807, 2.05) is 7.05 Å². The maximum Gasteiger partial charge on any atom is 0.253 e. The van der Waals surface area contributed by atoms with Crippen LogP contribution in [0.15, 0.2) is 18.2 Å². The van der Waals surface area contributed by atoms with Crippen molar-refractivity contribution in [3.05, 3.63) is 33.8 Å². The van der Waals surface area contributed by atoms with Crippen molar-refractivity contribution >= 4 is 35.0 Å². The first-order valence-corrected chi connectivity index (χ1v) is 8.83. The smallest absolute Gasteiger partial charge is 0.253 e. The highest BCUT2D eigenvalue weighted by atomic mass is 35.5. The molecule has 1 aromatic carbocycles. The van der Waals surface area contributed by atoms with Crippen LogP contribution in [0.2, 0.25) is 10.0 Å². The predicted octanol–water partition coefficient (Wildman–Crippen LogP) is 2.52. The fraction of sp³-hybridized carbons (Fsp3) is 0.529. The van der Waals surface area contributed by atoms with E-state index in [2.05, 4.69) is 5.32 Å². The lowest BCUT2D eigenvalue weighted by Gasteiger charge is -2.34. The van der Waals surface area contributed by atoms with Crippen LogP contribution in [0.5, 0.6) is 0 Å². The number of carbonyl (C=O) groups excluding carboxylic acids is 2.